The summed E-state index contributed by atoms with van der Waals surface area (Å²) in [5, 5.41) is 7.75. The van der Waals surface area contributed by atoms with Crippen LogP contribution in [-0.4, -0.2) is 52.6 Å². The molecule has 0 aliphatic rings. The van der Waals surface area contributed by atoms with Gasteiger partial charge >= 0.3 is 0 Å². The van der Waals surface area contributed by atoms with Crippen molar-refractivity contribution in [3.8, 4) is 28.8 Å². The van der Waals surface area contributed by atoms with Crippen LogP contribution in [0.2, 0.25) is 0 Å². The lowest BCUT2D eigenvalue weighted by atomic mass is 10.2. The summed E-state index contributed by atoms with van der Waals surface area (Å²) in [5.74, 6) is 1.55. The van der Waals surface area contributed by atoms with Gasteiger partial charge in [0.05, 0.1) is 25.7 Å². The molecule has 1 aromatic carbocycles. The predicted molar refractivity (Wildman–Crippen MR) is 120 cm³/mol. The van der Waals surface area contributed by atoms with Crippen LogP contribution in [-0.2, 0) is 22.0 Å². The quantitative estimate of drug-likeness (QED) is 0.364. The minimum atomic E-state index is -3.63. The maximum Gasteiger partial charge on any atom is 0.204 e. The molecule has 0 saturated carbocycles. The Kier molecular flexibility index (Phi) is 6.40. The highest BCUT2D eigenvalue weighted by Crippen LogP contribution is 2.36. The minimum absolute atomic E-state index is 0.209. The molecule has 0 aliphatic carbocycles. The van der Waals surface area contributed by atoms with E-state index in [0.717, 1.165) is 5.56 Å². The van der Waals surface area contributed by atoms with E-state index in [1.165, 1.54) is 26.8 Å². The first-order chi connectivity index (χ1) is 15.9. The van der Waals surface area contributed by atoms with Gasteiger partial charge in [-0.15, -0.1) is 10.2 Å². The maximum atomic E-state index is 13.3. The Labute approximate surface area is 191 Å². The second kappa shape index (κ2) is 9.41. The van der Waals surface area contributed by atoms with Crippen LogP contribution in [0, 0.1) is 0 Å². The Morgan fingerprint density at radius 3 is 2.33 bits per heavy atom. The highest BCUT2D eigenvalue weighted by Gasteiger charge is 2.29. The van der Waals surface area contributed by atoms with E-state index >= 15 is 0 Å². The summed E-state index contributed by atoms with van der Waals surface area (Å²) in [6, 6.07) is 8.71. The largest absolute Gasteiger partial charge is 0.494 e. The van der Waals surface area contributed by atoms with Crippen LogP contribution in [0.15, 0.2) is 59.7 Å². The van der Waals surface area contributed by atoms with Crippen LogP contribution in [0.25, 0.3) is 17.3 Å². The topological polar surface area (TPSA) is 122 Å². The van der Waals surface area contributed by atoms with Crippen LogP contribution >= 0.6 is 0 Å². The fourth-order valence-electron chi connectivity index (χ4n) is 3.48. The molecular formula is C22H23N5O5S. The standard InChI is InChI=1S/C22H23N5O5S/c1-15(10-16-11-23-14-24-12-16)33(28,29)13-20-25-26-22(19-8-5-9-32-19)27(20)21-17(30-2)6-4-7-18(21)31-3/h4-9,11-12,14-15H,10,13H2,1-3H3/t15-/m0/s1. The summed E-state index contributed by atoms with van der Waals surface area (Å²) in [4.78, 5) is 7.91. The molecule has 3 aromatic heterocycles. The van der Waals surface area contributed by atoms with Crippen molar-refractivity contribution in [1.82, 2.24) is 24.7 Å². The molecule has 33 heavy (non-hydrogen) atoms. The zero-order valence-corrected chi connectivity index (χ0v) is 19.2. The van der Waals surface area contributed by atoms with Crippen LogP contribution in [0.3, 0.4) is 0 Å². The van der Waals surface area contributed by atoms with Crippen LogP contribution in [0.4, 0.5) is 0 Å². The Hall–Kier alpha value is -3.73. The molecule has 4 rings (SSSR count). The molecule has 0 aliphatic heterocycles. The lowest BCUT2D eigenvalue weighted by molar-refractivity contribution is 0.390. The first kappa shape index (κ1) is 22.5. The number of hydrogen-bond donors (Lipinski definition) is 0. The molecule has 10 nitrogen and oxygen atoms in total. The smallest absolute Gasteiger partial charge is 0.204 e. The van der Waals surface area contributed by atoms with Crippen molar-refractivity contribution in [3.05, 3.63) is 66.7 Å². The number of rotatable bonds is 9. The Morgan fingerprint density at radius 1 is 1.03 bits per heavy atom. The molecule has 0 unspecified atom stereocenters. The number of benzene rings is 1. The van der Waals surface area contributed by atoms with Crippen LogP contribution in [0.5, 0.6) is 11.5 Å². The van der Waals surface area contributed by atoms with Crippen molar-refractivity contribution in [1.29, 1.82) is 0 Å². The molecule has 0 bridgehead atoms. The zero-order valence-electron chi connectivity index (χ0n) is 18.4. The maximum absolute atomic E-state index is 13.3. The van der Waals surface area contributed by atoms with Gasteiger partial charge in [0.2, 0.25) is 5.82 Å². The monoisotopic (exact) mass is 469 g/mol. The summed E-state index contributed by atoms with van der Waals surface area (Å²) in [5.41, 5.74) is 1.21. The van der Waals surface area contributed by atoms with Gasteiger partial charge in [0.15, 0.2) is 21.4 Å². The van der Waals surface area contributed by atoms with E-state index in [1.54, 1.807) is 54.2 Å². The van der Waals surface area contributed by atoms with Crippen molar-refractivity contribution < 1.29 is 22.3 Å². The third-order valence-electron chi connectivity index (χ3n) is 5.18. The van der Waals surface area contributed by atoms with Gasteiger partial charge in [-0.25, -0.2) is 18.4 Å². The van der Waals surface area contributed by atoms with Crippen molar-refractivity contribution in [2.45, 2.75) is 24.3 Å². The second-order valence-corrected chi connectivity index (χ2v) is 9.75. The molecule has 0 saturated heterocycles. The third-order valence-corrected chi connectivity index (χ3v) is 7.23. The average Bonchev–Trinajstić information content (AvgIpc) is 3.49. The van der Waals surface area contributed by atoms with E-state index in [1.807, 2.05) is 0 Å². The van der Waals surface area contributed by atoms with Crippen molar-refractivity contribution in [2.24, 2.45) is 0 Å². The van der Waals surface area contributed by atoms with Crippen molar-refractivity contribution in [2.75, 3.05) is 14.2 Å². The van der Waals surface area contributed by atoms with E-state index in [2.05, 4.69) is 20.2 Å². The van der Waals surface area contributed by atoms with Crippen LogP contribution < -0.4 is 9.47 Å². The predicted octanol–water partition coefficient (Wildman–Crippen LogP) is 2.88. The number of methoxy groups -OCH3 is 2. The Bertz CT molecular complexity index is 1300. The Balaban J connectivity index is 1.79. The van der Waals surface area contributed by atoms with E-state index in [-0.39, 0.29) is 18.0 Å². The molecule has 0 N–H and O–H groups in total. The van der Waals surface area contributed by atoms with E-state index in [0.29, 0.717) is 28.8 Å². The summed E-state index contributed by atoms with van der Waals surface area (Å²) in [7, 11) is -0.581. The van der Waals surface area contributed by atoms with Gasteiger partial charge < -0.3 is 13.9 Å². The molecule has 0 spiro atoms. The Morgan fingerprint density at radius 2 is 1.73 bits per heavy atom. The lowest BCUT2D eigenvalue weighted by Crippen LogP contribution is -2.24. The van der Waals surface area contributed by atoms with E-state index < -0.39 is 15.1 Å². The molecule has 3 heterocycles. The van der Waals surface area contributed by atoms with Gasteiger partial charge in [0.1, 0.15) is 29.3 Å². The van der Waals surface area contributed by atoms with Crippen LogP contribution in [0.1, 0.15) is 18.3 Å². The molecule has 11 heteroatoms. The number of nitrogens with zero attached hydrogens (tertiary/aromatic N) is 5. The fourth-order valence-corrected chi connectivity index (χ4v) is 4.76. The van der Waals surface area contributed by atoms with Gasteiger partial charge in [-0.2, -0.15) is 0 Å². The normalized spacial score (nSPS) is 12.5. The summed E-state index contributed by atoms with van der Waals surface area (Å²) < 4.78 is 44.8. The number of hydrogen-bond acceptors (Lipinski definition) is 9. The van der Waals surface area contributed by atoms with Gasteiger partial charge in [-0.1, -0.05) is 6.07 Å². The van der Waals surface area contributed by atoms with E-state index in [9.17, 15) is 8.42 Å². The SMILES string of the molecule is COc1cccc(OC)c1-n1c(CS(=O)(=O)[C@@H](C)Cc2cncnc2)nnc1-c1ccco1. The number of sulfone groups is 1. The van der Waals surface area contributed by atoms with Crippen molar-refractivity contribution >= 4 is 9.84 Å². The molecule has 0 fully saturated rings. The minimum Gasteiger partial charge on any atom is -0.494 e. The first-order valence-corrected chi connectivity index (χ1v) is 11.8. The second-order valence-electron chi connectivity index (χ2n) is 7.33. The number of furan rings is 1. The van der Waals surface area contributed by atoms with Gasteiger partial charge in [0, 0.05) is 12.4 Å². The third kappa shape index (κ3) is 4.58. The lowest BCUT2D eigenvalue weighted by Gasteiger charge is -2.18. The summed E-state index contributed by atoms with van der Waals surface area (Å²) in [6.07, 6.45) is 6.41. The molecule has 172 valence electrons. The number of para-hydroxylation sites is 1. The molecule has 0 amide bonds. The highest BCUT2D eigenvalue weighted by atomic mass is 32.2. The summed E-state index contributed by atoms with van der Waals surface area (Å²) >= 11 is 0. The zero-order chi connectivity index (χ0) is 23.4. The van der Waals surface area contributed by atoms with Gasteiger partial charge in [-0.3, -0.25) is 4.57 Å². The first-order valence-electron chi connectivity index (χ1n) is 10.1. The van der Waals surface area contributed by atoms with Crippen molar-refractivity contribution in [3.63, 3.8) is 0 Å². The fraction of sp³-hybridized carbons (Fsp3) is 0.273. The molecule has 0 radical (unpaired) electrons. The van der Waals surface area contributed by atoms with Gasteiger partial charge in [-0.05, 0) is 43.2 Å². The molecule has 4 aromatic rings. The average molecular weight is 470 g/mol. The van der Waals surface area contributed by atoms with E-state index in [4.69, 9.17) is 13.9 Å². The number of aromatic nitrogens is 5. The molecular weight excluding hydrogens is 446 g/mol. The number of ether oxygens (including phenoxy) is 2. The summed E-state index contributed by atoms with van der Waals surface area (Å²) in [6.45, 7) is 1.65. The van der Waals surface area contributed by atoms with Gasteiger partial charge in [0.25, 0.3) is 0 Å². The highest BCUT2D eigenvalue weighted by molar-refractivity contribution is 7.91. The molecule has 1 atom stereocenters.